The van der Waals surface area contributed by atoms with E-state index in [0.717, 1.165) is 32.2 Å². The monoisotopic (exact) mass is 886 g/mol. The average molecular weight is 887 g/mol. The quantitative estimate of drug-likeness (QED) is 0.257. The maximum Gasteiger partial charge on any atom is 0.218 e. The van der Waals surface area contributed by atoms with Crippen LogP contribution in [-0.2, 0) is 19.1 Å². The first-order valence-electron chi connectivity index (χ1n) is 16.9. The fourth-order valence-corrected chi connectivity index (χ4v) is 0. The molecule has 0 spiro atoms. The first-order valence-corrected chi connectivity index (χ1v) is 18.3. The molecule has 0 saturated carbocycles. The van der Waals surface area contributed by atoms with Gasteiger partial charge >= 0.3 is 0 Å². The van der Waals surface area contributed by atoms with Crippen molar-refractivity contribution in [1.29, 1.82) is 0 Å². The number of ketones is 1. The maximum atomic E-state index is 10.1. The zero-order chi connectivity index (χ0) is 38.9. The number of methoxy groups -OCH3 is 2. The Kier molecular flexibility index (Phi) is 640. The number of nitrogens with zero attached hydrogens (tertiary/aromatic N) is 1. The third-order valence-corrected chi connectivity index (χ3v) is 3.61. The third-order valence-electron chi connectivity index (χ3n) is 3.04. The van der Waals surface area contributed by atoms with Crippen molar-refractivity contribution < 1.29 is 19.1 Å². The zero-order valence-electron chi connectivity index (χ0n) is 36.4. The van der Waals surface area contributed by atoms with Crippen LogP contribution in [0.25, 0.3) is 0 Å². The number of hydrogen-bond donors (Lipinski definition) is 2. The van der Waals surface area contributed by atoms with E-state index in [-0.39, 0.29) is 107 Å². The number of amides is 1. The number of thioether (sulfide) groups is 1. The predicted molar refractivity (Wildman–Crippen MR) is 301 cm³/mol. The molecule has 0 aliphatic rings. The molecule has 0 aliphatic carbocycles. The van der Waals surface area contributed by atoms with Gasteiger partial charge in [-0.05, 0) is 86.7 Å². The van der Waals surface area contributed by atoms with Gasteiger partial charge in [0.2, 0.25) is 5.91 Å². The average Bonchev–Trinajstić information content (AvgIpc) is 3.01. The SMILES string of the molecule is C.C.C.C.C.C.C.C.C.C.C.CC(=O)N(C)C.CC(C)=O.CC(C)C.CC=CC.CCC.CCCC.CCNC.CCNC.CCOC.CCOC.CCSC.S. The second-order valence-electron chi connectivity index (χ2n) is 9.57. The molecule has 57 heavy (non-hydrogen) atoms. The van der Waals surface area contributed by atoms with E-state index in [0.29, 0.717) is 0 Å². The van der Waals surface area contributed by atoms with Crippen molar-refractivity contribution in [2.24, 2.45) is 5.92 Å². The minimum atomic E-state index is 0. The molecule has 0 aromatic heterocycles. The summed E-state index contributed by atoms with van der Waals surface area (Å²) >= 11 is 1.86. The first-order chi connectivity index (χ1) is 20.9. The Morgan fingerprint density at radius 2 is 0.702 bits per heavy atom. The number of allylic oxidation sites excluding steroid dienone is 2. The highest BCUT2D eigenvalue weighted by Gasteiger charge is 1.87. The summed E-state index contributed by atoms with van der Waals surface area (Å²) < 4.78 is 9.08. The van der Waals surface area contributed by atoms with Gasteiger partial charge in [-0.1, -0.05) is 182 Å². The molecular formula is C48H139N3O4S2. The molecule has 0 atom stereocenters. The molecule has 7 nitrogen and oxygen atoms in total. The summed E-state index contributed by atoms with van der Waals surface area (Å²) in [6.45, 7) is 37.7. The normalized spacial score (nSPS) is 6.05. The minimum absolute atomic E-state index is 0. The number of hydrogen-bond acceptors (Lipinski definition) is 7. The lowest BCUT2D eigenvalue weighted by atomic mass is 10.3. The van der Waals surface area contributed by atoms with Crippen LogP contribution in [0.15, 0.2) is 12.2 Å². The van der Waals surface area contributed by atoms with E-state index in [1.54, 1.807) is 28.3 Å². The van der Waals surface area contributed by atoms with Gasteiger partial charge in [0.25, 0.3) is 0 Å². The van der Waals surface area contributed by atoms with Crippen molar-refractivity contribution in [1.82, 2.24) is 15.5 Å². The van der Waals surface area contributed by atoms with Gasteiger partial charge in [-0.3, -0.25) is 4.79 Å². The van der Waals surface area contributed by atoms with Crippen molar-refractivity contribution in [3.63, 3.8) is 0 Å². The fourth-order valence-electron chi connectivity index (χ4n) is 0. The van der Waals surface area contributed by atoms with Gasteiger partial charge in [0.05, 0.1) is 0 Å². The van der Waals surface area contributed by atoms with Crippen molar-refractivity contribution >= 4 is 36.9 Å². The van der Waals surface area contributed by atoms with E-state index >= 15 is 0 Å². The van der Waals surface area contributed by atoms with Crippen LogP contribution in [0.5, 0.6) is 0 Å². The molecule has 9 heteroatoms. The van der Waals surface area contributed by atoms with Crippen LogP contribution in [0.3, 0.4) is 0 Å². The number of ether oxygens (including phenoxy) is 2. The molecule has 0 rings (SSSR count). The van der Waals surface area contributed by atoms with Crippen molar-refractivity contribution in [2.75, 3.05) is 80.7 Å². The van der Waals surface area contributed by atoms with Gasteiger partial charge in [-0.25, -0.2) is 0 Å². The molecule has 0 heterocycles. The third kappa shape index (κ3) is 1460. The Morgan fingerprint density at radius 1 is 0.596 bits per heavy atom. The van der Waals surface area contributed by atoms with Crippen LogP contribution >= 0.6 is 25.3 Å². The van der Waals surface area contributed by atoms with E-state index in [2.05, 4.69) is 95.6 Å². The molecule has 2 N–H and O–H groups in total. The second-order valence-corrected chi connectivity index (χ2v) is 10.7. The Hall–Kier alpha value is -0.580. The van der Waals surface area contributed by atoms with Crippen LogP contribution in [0.1, 0.15) is 219 Å². The fraction of sp³-hybridized carbons (Fsp3) is 0.917. The van der Waals surface area contributed by atoms with E-state index in [1.165, 1.54) is 50.7 Å². The van der Waals surface area contributed by atoms with Crippen LogP contribution in [0.4, 0.5) is 0 Å². The summed E-state index contributed by atoms with van der Waals surface area (Å²) in [6, 6.07) is 0. The standard InChI is InChI=1S/C4H9NO.2C4H10.C4H8.2C3H9N.2C3H8O.C3H6O.C3H8S.C3H8.11CH4.H2S/c1-4(6)5(2)3;1-4(2)3;6*1-3-4-2;1-3(2)4;1-3-4-2;1-3-2;;;;;;;;;;;;/h1-3H3;4H,1-3H3;3-4H2,1-2H3;3-4H,1-2H3;2*4H,3H2,1-2H3;2*3H2,1-2H3;1-2H3;3H2,1-2H3;3H2,1-2H3;11*1H4;1H2. The van der Waals surface area contributed by atoms with Crippen molar-refractivity contribution in [2.45, 2.75) is 219 Å². The lowest BCUT2D eigenvalue weighted by Crippen LogP contribution is -2.17. The molecule has 0 aliphatic heterocycles. The minimum Gasteiger partial charge on any atom is -0.385 e. The number of carbonyl (C=O) groups is 2. The maximum absolute atomic E-state index is 10.1. The first kappa shape index (κ1) is 155. The predicted octanol–water partition coefficient (Wildman–Crippen LogP) is 17.4. The summed E-state index contributed by atoms with van der Waals surface area (Å²) in [7, 11) is 10.7. The number of nitrogens with one attached hydrogen (secondary N) is 2. The van der Waals surface area contributed by atoms with E-state index in [4.69, 9.17) is 0 Å². The largest absolute Gasteiger partial charge is 0.385 e. The molecule has 0 aromatic rings. The molecule has 0 saturated heterocycles. The van der Waals surface area contributed by atoms with Gasteiger partial charge < -0.3 is 29.8 Å². The Labute approximate surface area is 387 Å². The van der Waals surface area contributed by atoms with Crippen LogP contribution in [-0.4, -0.2) is 97.3 Å². The summed E-state index contributed by atoms with van der Waals surface area (Å²) in [5.74, 6) is 2.33. The zero-order valence-corrected chi connectivity index (χ0v) is 38.2. The molecule has 0 aromatic carbocycles. The topological polar surface area (TPSA) is 79.9 Å². The molecule has 0 fully saturated rings. The highest BCUT2D eigenvalue weighted by atomic mass is 32.2. The Bertz CT molecular complexity index is 352. The van der Waals surface area contributed by atoms with Gasteiger partial charge in [0.15, 0.2) is 0 Å². The Morgan fingerprint density at radius 3 is 0.702 bits per heavy atom. The van der Waals surface area contributed by atoms with E-state index in [9.17, 15) is 9.59 Å². The smallest absolute Gasteiger partial charge is 0.218 e. The molecular weight excluding hydrogens is 747 g/mol. The van der Waals surface area contributed by atoms with E-state index in [1.807, 2.05) is 65.7 Å². The molecule has 1 amide bonds. The van der Waals surface area contributed by atoms with Crippen molar-refractivity contribution in [3.8, 4) is 0 Å². The lowest BCUT2D eigenvalue weighted by Gasteiger charge is -2.02. The number of rotatable bonds is 6. The number of Topliss-reactive ketones (excluding diaryl/α,β-unsaturated/α-hetero) is 1. The van der Waals surface area contributed by atoms with Gasteiger partial charge in [0, 0.05) is 48.5 Å². The summed E-state index contributed by atoms with van der Waals surface area (Å²) in [6.07, 6.45) is 9.99. The highest BCUT2D eigenvalue weighted by molar-refractivity contribution is 7.98. The molecule has 382 valence electrons. The second kappa shape index (κ2) is 235. The van der Waals surface area contributed by atoms with Crippen LogP contribution in [0, 0.1) is 5.92 Å². The highest BCUT2D eigenvalue weighted by Crippen LogP contribution is 1.83. The van der Waals surface area contributed by atoms with Gasteiger partial charge in [-0.15, -0.1) is 0 Å². The van der Waals surface area contributed by atoms with E-state index < -0.39 is 0 Å². The molecule has 0 radical (unpaired) electrons. The van der Waals surface area contributed by atoms with Crippen LogP contribution < -0.4 is 10.6 Å². The number of carbonyl (C=O) groups excluding carboxylic acids is 2. The van der Waals surface area contributed by atoms with Crippen molar-refractivity contribution in [3.05, 3.63) is 12.2 Å². The summed E-state index contributed by atoms with van der Waals surface area (Å²) in [4.78, 5) is 21.0. The summed E-state index contributed by atoms with van der Waals surface area (Å²) in [5.41, 5.74) is 0. The van der Waals surface area contributed by atoms with Gasteiger partial charge in [-0.2, -0.15) is 25.3 Å². The summed E-state index contributed by atoms with van der Waals surface area (Å²) in [5, 5.41) is 5.86. The lowest BCUT2D eigenvalue weighted by molar-refractivity contribution is -0.126. The molecule has 0 bridgehead atoms. The Balaban J connectivity index is -0.0000000104. The molecule has 0 unspecified atom stereocenters. The van der Waals surface area contributed by atoms with Gasteiger partial charge in [0.1, 0.15) is 5.78 Å². The van der Waals surface area contributed by atoms with Crippen LogP contribution in [0.2, 0.25) is 0 Å². The number of unbranched alkanes of at least 4 members (excludes halogenated alkanes) is 1.